The minimum absolute atomic E-state index is 0.164. The lowest BCUT2D eigenvalue weighted by Crippen LogP contribution is -2.28. The van der Waals surface area contributed by atoms with E-state index in [0.717, 1.165) is 12.8 Å². The number of nitrogens with one attached hydrogen (secondary N) is 1. The van der Waals surface area contributed by atoms with E-state index >= 15 is 0 Å². The molecule has 9 heteroatoms. The highest BCUT2D eigenvalue weighted by Gasteiger charge is 2.29. The number of amides is 1. The van der Waals surface area contributed by atoms with Gasteiger partial charge >= 0.3 is 0 Å². The molecule has 0 aliphatic heterocycles. The van der Waals surface area contributed by atoms with Gasteiger partial charge in [-0.25, -0.2) is 0 Å². The number of carbonyl (C=O) groups excluding carboxylic acids is 1. The number of rotatable bonds is 5. The molecule has 1 saturated carbocycles. The quantitative estimate of drug-likeness (QED) is 0.751. The predicted molar refractivity (Wildman–Crippen MR) is 85.8 cm³/mol. The molecule has 1 aliphatic carbocycles. The van der Waals surface area contributed by atoms with E-state index in [4.69, 9.17) is 9.05 Å². The second kappa shape index (κ2) is 6.00. The van der Waals surface area contributed by atoms with Crippen LogP contribution in [0.2, 0.25) is 0 Å². The molecule has 3 heterocycles. The lowest BCUT2D eigenvalue weighted by Gasteiger charge is -2.06. The Morgan fingerprint density at radius 1 is 1.36 bits per heavy atom. The van der Waals surface area contributed by atoms with Crippen LogP contribution >= 0.6 is 0 Å². The van der Waals surface area contributed by atoms with E-state index < -0.39 is 5.91 Å². The van der Waals surface area contributed by atoms with Gasteiger partial charge in [0.15, 0.2) is 11.6 Å². The van der Waals surface area contributed by atoms with Crippen LogP contribution in [-0.4, -0.2) is 25.8 Å². The van der Waals surface area contributed by atoms with E-state index in [9.17, 15) is 9.59 Å². The average Bonchev–Trinajstić information content (AvgIpc) is 3.18. The maximum absolute atomic E-state index is 12.6. The molecule has 128 valence electrons. The first-order chi connectivity index (χ1) is 12.1. The summed E-state index contributed by atoms with van der Waals surface area (Å²) >= 11 is 0. The number of aryl methyl sites for hydroxylation is 1. The summed E-state index contributed by atoms with van der Waals surface area (Å²) in [6.07, 6.45) is 3.61. The van der Waals surface area contributed by atoms with Gasteiger partial charge < -0.3 is 18.9 Å². The molecule has 9 nitrogen and oxygen atoms in total. The molecule has 0 bridgehead atoms. The van der Waals surface area contributed by atoms with E-state index in [1.807, 2.05) is 0 Å². The fraction of sp³-hybridized carbons (Fsp3) is 0.312. The van der Waals surface area contributed by atoms with Crippen LogP contribution in [0.5, 0.6) is 0 Å². The highest BCUT2D eigenvalue weighted by molar-refractivity contribution is 5.89. The van der Waals surface area contributed by atoms with Crippen molar-refractivity contribution in [2.45, 2.75) is 32.2 Å². The monoisotopic (exact) mass is 341 g/mol. The molecule has 0 spiro atoms. The Morgan fingerprint density at radius 2 is 2.20 bits per heavy atom. The topological polar surface area (TPSA) is 116 Å². The first-order valence-corrected chi connectivity index (χ1v) is 7.87. The van der Waals surface area contributed by atoms with Crippen molar-refractivity contribution in [3.05, 3.63) is 46.3 Å². The van der Waals surface area contributed by atoms with Gasteiger partial charge in [-0.3, -0.25) is 9.59 Å². The van der Waals surface area contributed by atoms with Gasteiger partial charge in [-0.2, -0.15) is 4.98 Å². The predicted octanol–water partition coefficient (Wildman–Crippen LogP) is 1.71. The van der Waals surface area contributed by atoms with Crippen LogP contribution in [0.4, 0.5) is 5.82 Å². The zero-order valence-corrected chi connectivity index (χ0v) is 13.4. The van der Waals surface area contributed by atoms with Crippen molar-refractivity contribution < 1.29 is 13.8 Å². The van der Waals surface area contributed by atoms with Crippen molar-refractivity contribution in [1.82, 2.24) is 19.9 Å². The summed E-state index contributed by atoms with van der Waals surface area (Å²) in [6, 6.07) is 4.85. The third kappa shape index (κ3) is 3.21. The Balaban J connectivity index is 1.53. The Hall–Kier alpha value is -3.23. The Bertz CT molecular complexity index is 982. The number of hydrogen-bond acceptors (Lipinski definition) is 7. The van der Waals surface area contributed by atoms with Crippen LogP contribution in [0, 0.1) is 6.92 Å². The van der Waals surface area contributed by atoms with E-state index in [2.05, 4.69) is 20.6 Å². The van der Waals surface area contributed by atoms with Crippen molar-refractivity contribution in [3.8, 4) is 11.5 Å². The molecule has 25 heavy (non-hydrogen) atoms. The standard InChI is InChI=1S/C16H15N5O4/c1-9-7-12(19-24-9)17-13(22)8-21-6-2-3-11(16(21)23)15-18-14(20-25-15)10-4-5-10/h2-3,6-7,10H,4-5,8H2,1H3,(H,17,19,22). The van der Waals surface area contributed by atoms with Gasteiger partial charge in [0.1, 0.15) is 17.9 Å². The minimum Gasteiger partial charge on any atom is -0.360 e. The van der Waals surface area contributed by atoms with E-state index in [1.54, 1.807) is 25.1 Å². The molecule has 1 N–H and O–H groups in total. The summed E-state index contributed by atoms with van der Waals surface area (Å²) in [4.78, 5) is 28.9. The normalized spacial score (nSPS) is 13.8. The fourth-order valence-corrected chi connectivity index (χ4v) is 2.44. The minimum atomic E-state index is -0.392. The molecule has 0 atom stereocenters. The first kappa shape index (κ1) is 15.3. The summed E-state index contributed by atoms with van der Waals surface area (Å²) in [5, 5.41) is 10.2. The maximum atomic E-state index is 12.6. The SMILES string of the molecule is Cc1cc(NC(=O)Cn2cccc(-c3nc(C4CC4)no3)c2=O)no1. The van der Waals surface area contributed by atoms with E-state index in [1.165, 1.54) is 10.8 Å². The number of anilines is 1. The number of aromatic nitrogens is 4. The third-order valence-corrected chi connectivity index (χ3v) is 3.84. The van der Waals surface area contributed by atoms with Crippen LogP contribution in [0.3, 0.4) is 0 Å². The number of carbonyl (C=O) groups is 1. The molecular formula is C16H15N5O4. The number of hydrogen-bond donors (Lipinski definition) is 1. The Morgan fingerprint density at radius 3 is 2.92 bits per heavy atom. The smallest absolute Gasteiger partial charge is 0.263 e. The van der Waals surface area contributed by atoms with Crippen LogP contribution in [-0.2, 0) is 11.3 Å². The molecule has 1 fully saturated rings. The average molecular weight is 341 g/mol. The van der Waals surface area contributed by atoms with Crippen LogP contribution in [0.15, 0.2) is 38.2 Å². The zero-order chi connectivity index (χ0) is 17.4. The van der Waals surface area contributed by atoms with Crippen molar-refractivity contribution in [1.29, 1.82) is 0 Å². The Kier molecular flexibility index (Phi) is 3.68. The maximum Gasteiger partial charge on any atom is 0.263 e. The van der Waals surface area contributed by atoms with Crippen molar-refractivity contribution >= 4 is 11.7 Å². The van der Waals surface area contributed by atoms with Gasteiger partial charge in [-0.15, -0.1) is 0 Å². The molecule has 1 amide bonds. The molecule has 0 radical (unpaired) electrons. The van der Waals surface area contributed by atoms with Crippen molar-refractivity contribution in [3.63, 3.8) is 0 Å². The van der Waals surface area contributed by atoms with Gasteiger partial charge in [-0.05, 0) is 31.9 Å². The summed E-state index contributed by atoms with van der Waals surface area (Å²) in [7, 11) is 0. The van der Waals surface area contributed by atoms with Crippen molar-refractivity contribution in [2.24, 2.45) is 0 Å². The van der Waals surface area contributed by atoms with E-state index in [-0.39, 0.29) is 23.6 Å². The second-order valence-corrected chi connectivity index (χ2v) is 5.96. The molecule has 3 aromatic heterocycles. The lowest BCUT2D eigenvalue weighted by molar-refractivity contribution is -0.116. The highest BCUT2D eigenvalue weighted by Crippen LogP contribution is 2.38. The fourth-order valence-electron chi connectivity index (χ4n) is 2.44. The van der Waals surface area contributed by atoms with Gasteiger partial charge in [0, 0.05) is 18.2 Å². The molecule has 4 rings (SSSR count). The zero-order valence-electron chi connectivity index (χ0n) is 13.4. The molecule has 0 unspecified atom stereocenters. The first-order valence-electron chi connectivity index (χ1n) is 7.87. The molecule has 3 aromatic rings. The Labute approximate surface area is 141 Å². The summed E-state index contributed by atoms with van der Waals surface area (Å²) in [6.45, 7) is 1.55. The van der Waals surface area contributed by atoms with Crippen LogP contribution in [0.1, 0.15) is 30.3 Å². The van der Waals surface area contributed by atoms with Crippen molar-refractivity contribution in [2.75, 3.05) is 5.32 Å². The summed E-state index contributed by atoms with van der Waals surface area (Å²) in [5.41, 5.74) is -0.105. The van der Waals surface area contributed by atoms with Crippen LogP contribution < -0.4 is 10.9 Å². The van der Waals surface area contributed by atoms with Gasteiger partial charge in [0.2, 0.25) is 5.91 Å². The van der Waals surface area contributed by atoms with Crippen LogP contribution in [0.25, 0.3) is 11.5 Å². The largest absolute Gasteiger partial charge is 0.360 e. The summed E-state index contributed by atoms with van der Waals surface area (Å²) < 4.78 is 11.4. The molecule has 0 saturated heterocycles. The van der Waals surface area contributed by atoms with Gasteiger partial charge in [-0.1, -0.05) is 10.3 Å². The molecule has 1 aliphatic rings. The van der Waals surface area contributed by atoms with Gasteiger partial charge in [0.05, 0.1) is 0 Å². The summed E-state index contributed by atoms with van der Waals surface area (Å²) in [5.74, 6) is 1.63. The lowest BCUT2D eigenvalue weighted by atomic mass is 10.2. The number of nitrogens with zero attached hydrogens (tertiary/aromatic N) is 4. The highest BCUT2D eigenvalue weighted by atomic mass is 16.5. The molecule has 0 aromatic carbocycles. The third-order valence-electron chi connectivity index (χ3n) is 3.84. The van der Waals surface area contributed by atoms with E-state index in [0.29, 0.717) is 23.3 Å². The second-order valence-electron chi connectivity index (χ2n) is 5.96. The number of pyridine rings is 1. The van der Waals surface area contributed by atoms with Gasteiger partial charge in [0.25, 0.3) is 11.4 Å². The molecular weight excluding hydrogens is 326 g/mol.